The van der Waals surface area contributed by atoms with Gasteiger partial charge in [-0.1, -0.05) is 6.92 Å². The van der Waals surface area contributed by atoms with Gasteiger partial charge < -0.3 is 9.72 Å². The molecule has 0 radical (unpaired) electrons. The molecule has 0 bridgehead atoms. The van der Waals surface area contributed by atoms with E-state index in [0.717, 1.165) is 11.0 Å². The smallest absolute Gasteiger partial charge is 0.332 e. The van der Waals surface area contributed by atoms with Crippen LogP contribution >= 0.6 is 0 Å². The molecule has 0 atom stereocenters. The van der Waals surface area contributed by atoms with Gasteiger partial charge >= 0.3 is 5.69 Å². The van der Waals surface area contributed by atoms with Gasteiger partial charge in [-0.05, 0) is 6.42 Å². The van der Waals surface area contributed by atoms with E-state index in [-0.39, 0.29) is 11.2 Å². The Morgan fingerprint density at radius 3 is 2.63 bits per heavy atom. The van der Waals surface area contributed by atoms with Crippen LogP contribution in [0.5, 0.6) is 0 Å². The minimum atomic E-state index is -0.377. The van der Waals surface area contributed by atoms with E-state index < -0.39 is 0 Å². The van der Waals surface area contributed by atoms with Crippen LogP contribution in [0.3, 0.4) is 0 Å². The molecule has 7 nitrogen and oxygen atoms in total. The number of nitrogens with zero attached hydrogens (tertiary/aromatic N) is 3. The SMILES string of the molecule is CCCOCCc1nc2c([nH]1)c(=O)n(C)c(=O)n2C. The summed E-state index contributed by atoms with van der Waals surface area (Å²) in [6, 6.07) is 0. The van der Waals surface area contributed by atoms with Crippen LogP contribution in [-0.2, 0) is 25.3 Å². The van der Waals surface area contributed by atoms with Crippen molar-refractivity contribution >= 4 is 11.2 Å². The average molecular weight is 266 g/mol. The molecule has 2 heterocycles. The normalized spacial score (nSPS) is 11.3. The summed E-state index contributed by atoms with van der Waals surface area (Å²) < 4.78 is 7.81. The Labute approximate surface area is 109 Å². The zero-order valence-corrected chi connectivity index (χ0v) is 11.4. The Morgan fingerprint density at radius 2 is 1.95 bits per heavy atom. The Hall–Kier alpha value is -1.89. The highest BCUT2D eigenvalue weighted by molar-refractivity contribution is 5.69. The van der Waals surface area contributed by atoms with E-state index in [0.29, 0.717) is 36.6 Å². The molecule has 0 spiro atoms. The van der Waals surface area contributed by atoms with E-state index in [4.69, 9.17) is 4.74 Å². The molecule has 0 aliphatic rings. The number of hydrogen-bond donors (Lipinski definition) is 1. The van der Waals surface area contributed by atoms with E-state index in [2.05, 4.69) is 9.97 Å². The molecule has 104 valence electrons. The van der Waals surface area contributed by atoms with Gasteiger partial charge in [-0.2, -0.15) is 0 Å². The molecular weight excluding hydrogens is 248 g/mol. The van der Waals surface area contributed by atoms with E-state index >= 15 is 0 Å². The number of hydrogen-bond acceptors (Lipinski definition) is 4. The Kier molecular flexibility index (Phi) is 3.84. The third kappa shape index (κ3) is 2.46. The summed E-state index contributed by atoms with van der Waals surface area (Å²) in [4.78, 5) is 30.9. The monoisotopic (exact) mass is 266 g/mol. The van der Waals surface area contributed by atoms with Gasteiger partial charge in [0.2, 0.25) is 0 Å². The molecule has 2 rings (SSSR count). The molecule has 7 heteroatoms. The average Bonchev–Trinajstić information content (AvgIpc) is 2.83. The summed E-state index contributed by atoms with van der Waals surface area (Å²) in [5.74, 6) is 0.657. The summed E-state index contributed by atoms with van der Waals surface area (Å²) in [7, 11) is 3.05. The number of aromatic nitrogens is 4. The minimum Gasteiger partial charge on any atom is -0.381 e. The lowest BCUT2D eigenvalue weighted by molar-refractivity contribution is 0.137. The summed E-state index contributed by atoms with van der Waals surface area (Å²) in [5.41, 5.74) is 0.0118. The topological polar surface area (TPSA) is 81.9 Å². The van der Waals surface area contributed by atoms with Crippen LogP contribution in [0, 0.1) is 0 Å². The maximum atomic E-state index is 11.9. The third-order valence-corrected chi connectivity index (χ3v) is 2.98. The number of H-pyrrole nitrogens is 1. The largest absolute Gasteiger partial charge is 0.381 e. The first-order valence-corrected chi connectivity index (χ1v) is 6.28. The molecule has 2 aromatic rings. The van der Waals surface area contributed by atoms with Crippen LogP contribution in [0.4, 0.5) is 0 Å². The highest BCUT2D eigenvalue weighted by Crippen LogP contribution is 2.04. The maximum Gasteiger partial charge on any atom is 0.332 e. The molecule has 19 heavy (non-hydrogen) atoms. The summed E-state index contributed by atoms with van der Waals surface area (Å²) in [6.07, 6.45) is 1.56. The van der Waals surface area contributed by atoms with Crippen molar-refractivity contribution in [1.29, 1.82) is 0 Å². The van der Waals surface area contributed by atoms with E-state index in [1.807, 2.05) is 6.92 Å². The van der Waals surface area contributed by atoms with E-state index in [9.17, 15) is 9.59 Å². The van der Waals surface area contributed by atoms with Crippen LogP contribution in [-0.4, -0.2) is 32.3 Å². The third-order valence-electron chi connectivity index (χ3n) is 2.98. The van der Waals surface area contributed by atoms with Gasteiger partial charge in [-0.15, -0.1) is 0 Å². The fraction of sp³-hybridized carbons (Fsp3) is 0.583. The summed E-state index contributed by atoms with van der Waals surface area (Å²) in [6.45, 7) is 3.29. The maximum absolute atomic E-state index is 11.9. The number of imidazole rings is 1. The molecule has 0 unspecified atom stereocenters. The lowest BCUT2D eigenvalue weighted by Crippen LogP contribution is -2.36. The number of ether oxygens (including phenoxy) is 1. The molecular formula is C12H18N4O3. The number of nitrogens with one attached hydrogen (secondary N) is 1. The summed E-state index contributed by atoms with van der Waals surface area (Å²) >= 11 is 0. The van der Waals surface area contributed by atoms with Crippen LogP contribution < -0.4 is 11.2 Å². The molecule has 0 saturated carbocycles. The molecule has 0 aromatic carbocycles. The highest BCUT2D eigenvalue weighted by atomic mass is 16.5. The highest BCUT2D eigenvalue weighted by Gasteiger charge is 2.12. The van der Waals surface area contributed by atoms with Gasteiger partial charge in [0.05, 0.1) is 6.61 Å². The van der Waals surface area contributed by atoms with E-state index in [1.54, 1.807) is 7.05 Å². The molecule has 1 N–H and O–H groups in total. The molecule has 0 aliphatic carbocycles. The van der Waals surface area contributed by atoms with Crippen molar-refractivity contribution in [2.24, 2.45) is 14.1 Å². The number of rotatable bonds is 5. The second-order valence-electron chi connectivity index (χ2n) is 4.45. The second-order valence-corrected chi connectivity index (χ2v) is 4.45. The van der Waals surface area contributed by atoms with Crippen LogP contribution in [0.25, 0.3) is 11.2 Å². The van der Waals surface area contributed by atoms with Crippen molar-refractivity contribution in [1.82, 2.24) is 19.1 Å². The zero-order valence-electron chi connectivity index (χ0n) is 11.4. The first kappa shape index (κ1) is 13.5. The zero-order chi connectivity index (χ0) is 14.0. The minimum absolute atomic E-state index is 0.355. The van der Waals surface area contributed by atoms with Gasteiger partial charge in [0.25, 0.3) is 5.56 Å². The predicted molar refractivity (Wildman–Crippen MR) is 71.4 cm³/mol. The van der Waals surface area contributed by atoms with Gasteiger partial charge in [-0.3, -0.25) is 13.9 Å². The van der Waals surface area contributed by atoms with Gasteiger partial charge in [-0.25, -0.2) is 9.78 Å². The number of fused-ring (bicyclic) bond motifs is 1. The van der Waals surface area contributed by atoms with Gasteiger partial charge in [0, 0.05) is 27.1 Å². The number of aromatic amines is 1. The standard InChI is InChI=1S/C12H18N4O3/c1-4-6-19-7-5-8-13-9-10(14-8)15(2)12(18)16(3)11(9)17/h4-7H2,1-3H3,(H,13,14). The quantitative estimate of drug-likeness (QED) is 0.768. The number of aryl methyl sites for hydroxylation is 1. The van der Waals surface area contributed by atoms with Crippen molar-refractivity contribution in [3.05, 3.63) is 26.7 Å². The first-order valence-electron chi connectivity index (χ1n) is 6.28. The Bertz CT molecular complexity index is 695. The van der Waals surface area contributed by atoms with Crippen molar-refractivity contribution in [2.75, 3.05) is 13.2 Å². The molecule has 0 amide bonds. The van der Waals surface area contributed by atoms with Crippen molar-refractivity contribution in [3.63, 3.8) is 0 Å². The van der Waals surface area contributed by atoms with E-state index in [1.165, 1.54) is 11.6 Å². The molecule has 0 fully saturated rings. The van der Waals surface area contributed by atoms with Crippen molar-refractivity contribution in [3.8, 4) is 0 Å². The predicted octanol–water partition coefficient (Wildman–Crippen LogP) is -0.0706. The Balaban J connectivity index is 2.36. The van der Waals surface area contributed by atoms with Crippen molar-refractivity contribution < 1.29 is 4.74 Å². The van der Waals surface area contributed by atoms with Gasteiger partial charge in [0.1, 0.15) is 11.3 Å². The first-order chi connectivity index (χ1) is 9.06. The molecule has 0 aliphatic heterocycles. The lowest BCUT2D eigenvalue weighted by Gasteiger charge is -2.00. The Morgan fingerprint density at radius 1 is 1.21 bits per heavy atom. The molecule has 2 aromatic heterocycles. The molecule has 0 saturated heterocycles. The fourth-order valence-electron chi connectivity index (χ4n) is 1.91. The lowest BCUT2D eigenvalue weighted by atomic mass is 10.4. The fourth-order valence-corrected chi connectivity index (χ4v) is 1.91. The van der Waals surface area contributed by atoms with Crippen molar-refractivity contribution in [2.45, 2.75) is 19.8 Å². The second kappa shape index (κ2) is 5.40. The van der Waals surface area contributed by atoms with Crippen LogP contribution in [0.15, 0.2) is 9.59 Å². The summed E-state index contributed by atoms with van der Waals surface area (Å²) in [5, 5.41) is 0. The van der Waals surface area contributed by atoms with Crippen LogP contribution in [0.2, 0.25) is 0 Å². The van der Waals surface area contributed by atoms with Gasteiger partial charge in [0.15, 0.2) is 5.65 Å². The van der Waals surface area contributed by atoms with Crippen LogP contribution in [0.1, 0.15) is 19.2 Å².